The van der Waals surface area contributed by atoms with Gasteiger partial charge in [0.1, 0.15) is 11.6 Å². The molecule has 3 aliphatic carbocycles. The molecule has 3 fully saturated rings. The minimum atomic E-state index is -2.51. The molecule has 0 spiro atoms. The van der Waals surface area contributed by atoms with E-state index in [4.69, 9.17) is 9.84 Å². The first-order chi connectivity index (χ1) is 11.4. The van der Waals surface area contributed by atoms with Crippen LogP contribution in [0.5, 0.6) is 5.75 Å². The maximum absolute atomic E-state index is 13.9. The molecule has 0 radical (unpaired) electrons. The highest BCUT2D eigenvalue weighted by atomic mass is 19.3. The second-order valence-corrected chi connectivity index (χ2v) is 7.33. The van der Waals surface area contributed by atoms with Crippen LogP contribution >= 0.6 is 0 Å². The highest BCUT2D eigenvalue weighted by molar-refractivity contribution is 5.88. The fraction of sp³-hybridized carbons (Fsp3) is 0.611. The van der Waals surface area contributed by atoms with Crippen LogP contribution in [0.15, 0.2) is 12.1 Å². The van der Waals surface area contributed by atoms with Crippen molar-refractivity contribution in [1.29, 1.82) is 0 Å². The molecule has 0 aromatic heterocycles. The molecule has 24 heavy (non-hydrogen) atoms. The number of ether oxygens (including phenoxy) is 1. The van der Waals surface area contributed by atoms with E-state index >= 15 is 0 Å². The summed E-state index contributed by atoms with van der Waals surface area (Å²) in [5, 5.41) is 9.05. The largest absolute Gasteiger partial charge is 0.493 e. The minimum absolute atomic E-state index is 0.0499. The third kappa shape index (κ3) is 2.66. The smallest absolute Gasteiger partial charge is 0.338 e. The average molecular weight is 340 g/mol. The molecule has 0 aliphatic heterocycles. The Morgan fingerprint density at radius 3 is 2.58 bits per heavy atom. The van der Waals surface area contributed by atoms with Gasteiger partial charge in [-0.2, -0.15) is 0 Å². The summed E-state index contributed by atoms with van der Waals surface area (Å²) >= 11 is 0. The van der Waals surface area contributed by atoms with Gasteiger partial charge in [-0.3, -0.25) is 0 Å². The van der Waals surface area contributed by atoms with Gasteiger partial charge in [-0.25, -0.2) is 18.0 Å². The van der Waals surface area contributed by atoms with E-state index in [0.717, 1.165) is 24.5 Å². The number of hydrogen-bond donors (Lipinski definition) is 1. The Balaban J connectivity index is 1.46. The second kappa shape index (κ2) is 5.39. The lowest BCUT2D eigenvalue weighted by Crippen LogP contribution is -2.17. The van der Waals surface area contributed by atoms with E-state index in [2.05, 4.69) is 0 Å². The van der Waals surface area contributed by atoms with Crippen LogP contribution < -0.4 is 4.74 Å². The quantitative estimate of drug-likeness (QED) is 0.861. The maximum atomic E-state index is 13.9. The fourth-order valence-corrected chi connectivity index (χ4v) is 4.00. The summed E-state index contributed by atoms with van der Waals surface area (Å²) < 4.78 is 46.6. The molecule has 3 nitrogen and oxygen atoms in total. The number of benzene rings is 1. The Bertz CT molecular complexity index is 684. The summed E-state index contributed by atoms with van der Waals surface area (Å²) in [4.78, 5) is 11.1. The van der Waals surface area contributed by atoms with Crippen LogP contribution in [0.2, 0.25) is 0 Å². The molecule has 3 saturated carbocycles. The van der Waals surface area contributed by atoms with Gasteiger partial charge in [-0.1, -0.05) is 0 Å². The molecule has 1 N–H and O–H groups in total. The summed E-state index contributed by atoms with van der Waals surface area (Å²) in [6, 6.07) is 2.49. The molecule has 0 saturated heterocycles. The van der Waals surface area contributed by atoms with Crippen molar-refractivity contribution < 1.29 is 27.8 Å². The molecule has 0 heterocycles. The van der Waals surface area contributed by atoms with Gasteiger partial charge in [0.05, 0.1) is 12.2 Å². The zero-order valence-electron chi connectivity index (χ0n) is 13.1. The molecular formula is C18H19F3O3. The van der Waals surface area contributed by atoms with Crippen LogP contribution in [0, 0.1) is 23.6 Å². The van der Waals surface area contributed by atoms with Gasteiger partial charge in [0.25, 0.3) is 5.92 Å². The fourth-order valence-electron chi connectivity index (χ4n) is 4.00. The molecule has 4 rings (SSSR count). The topological polar surface area (TPSA) is 46.5 Å². The minimum Gasteiger partial charge on any atom is -0.493 e. The van der Waals surface area contributed by atoms with Crippen molar-refractivity contribution in [3.05, 3.63) is 29.1 Å². The Labute approximate surface area is 137 Å². The SMILES string of the molecule is O=C(O)c1cc(C2CC2)c(OCC2CCC3C(C2)C3(F)F)cc1F. The van der Waals surface area contributed by atoms with Gasteiger partial charge in [0.2, 0.25) is 0 Å². The number of aromatic carboxylic acids is 1. The number of carboxylic acids is 1. The van der Waals surface area contributed by atoms with E-state index in [9.17, 15) is 18.0 Å². The van der Waals surface area contributed by atoms with Gasteiger partial charge < -0.3 is 9.84 Å². The van der Waals surface area contributed by atoms with E-state index < -0.39 is 29.5 Å². The molecule has 6 heteroatoms. The number of halogens is 3. The molecule has 0 amide bonds. The highest BCUT2D eigenvalue weighted by Gasteiger charge is 2.68. The Morgan fingerprint density at radius 2 is 1.96 bits per heavy atom. The monoisotopic (exact) mass is 340 g/mol. The zero-order valence-corrected chi connectivity index (χ0v) is 13.1. The number of carbonyl (C=O) groups is 1. The molecule has 0 bridgehead atoms. The molecule has 1 aromatic rings. The predicted octanol–water partition coefficient (Wildman–Crippen LogP) is 4.46. The summed E-state index contributed by atoms with van der Waals surface area (Å²) in [6.45, 7) is 0.283. The molecule has 3 unspecified atom stereocenters. The summed E-state index contributed by atoms with van der Waals surface area (Å²) in [7, 11) is 0. The first kappa shape index (κ1) is 15.8. The van der Waals surface area contributed by atoms with Crippen molar-refractivity contribution in [2.45, 2.75) is 43.9 Å². The van der Waals surface area contributed by atoms with Crippen molar-refractivity contribution in [2.75, 3.05) is 6.61 Å². The van der Waals surface area contributed by atoms with Crippen LogP contribution in [-0.4, -0.2) is 23.6 Å². The summed E-state index contributed by atoms with van der Waals surface area (Å²) in [5.41, 5.74) is 0.376. The van der Waals surface area contributed by atoms with Crippen molar-refractivity contribution in [1.82, 2.24) is 0 Å². The van der Waals surface area contributed by atoms with Crippen molar-refractivity contribution >= 4 is 5.97 Å². The molecule has 1 aromatic carbocycles. The number of hydrogen-bond acceptors (Lipinski definition) is 2. The first-order valence-electron chi connectivity index (χ1n) is 8.45. The average Bonchev–Trinajstić information content (AvgIpc) is 3.44. The highest BCUT2D eigenvalue weighted by Crippen LogP contribution is 2.63. The molecule has 3 atom stereocenters. The third-order valence-corrected chi connectivity index (χ3v) is 5.66. The lowest BCUT2D eigenvalue weighted by Gasteiger charge is -2.21. The van der Waals surface area contributed by atoms with Gasteiger partial charge in [0.15, 0.2) is 0 Å². The van der Waals surface area contributed by atoms with Crippen LogP contribution in [0.25, 0.3) is 0 Å². The van der Waals surface area contributed by atoms with Gasteiger partial charge in [0, 0.05) is 17.9 Å². The van der Waals surface area contributed by atoms with E-state index in [1.165, 1.54) is 6.07 Å². The summed E-state index contributed by atoms with van der Waals surface area (Å²) in [5.74, 6) is -4.98. The normalized spacial score (nSPS) is 30.5. The number of carboxylic acid groups (broad SMARTS) is 1. The van der Waals surface area contributed by atoms with E-state index in [0.29, 0.717) is 25.0 Å². The van der Waals surface area contributed by atoms with E-state index in [-0.39, 0.29) is 24.0 Å². The van der Waals surface area contributed by atoms with Crippen LogP contribution in [0.3, 0.4) is 0 Å². The standard InChI is InChI=1S/C18H19F3O3/c19-15-7-16(11(10-2-3-10)6-12(15)17(22)23)24-8-9-1-4-13-14(5-9)18(13,20)21/h6-7,9-10,13-14H,1-5,8H2,(H,22,23). The Hall–Kier alpha value is -1.72. The van der Waals surface area contributed by atoms with Crippen LogP contribution in [0.4, 0.5) is 13.2 Å². The maximum Gasteiger partial charge on any atom is 0.338 e. The third-order valence-electron chi connectivity index (χ3n) is 5.66. The van der Waals surface area contributed by atoms with E-state index in [1.54, 1.807) is 0 Å². The molecule has 3 aliphatic rings. The first-order valence-corrected chi connectivity index (χ1v) is 8.45. The van der Waals surface area contributed by atoms with Crippen molar-refractivity contribution in [3.8, 4) is 5.75 Å². The van der Waals surface area contributed by atoms with Crippen LogP contribution in [0.1, 0.15) is 53.9 Å². The summed E-state index contributed by atoms with van der Waals surface area (Å²) in [6.07, 6.45) is 3.53. The van der Waals surface area contributed by atoms with Gasteiger partial charge in [-0.05, 0) is 55.6 Å². The van der Waals surface area contributed by atoms with Gasteiger partial charge in [-0.15, -0.1) is 0 Å². The predicted molar refractivity (Wildman–Crippen MR) is 80.1 cm³/mol. The Kier molecular flexibility index (Phi) is 3.55. The number of alkyl halides is 2. The number of rotatable bonds is 5. The zero-order chi connectivity index (χ0) is 17.1. The lowest BCUT2D eigenvalue weighted by atomic mass is 9.90. The number of fused-ring (bicyclic) bond motifs is 1. The van der Waals surface area contributed by atoms with E-state index in [1.807, 2.05) is 0 Å². The van der Waals surface area contributed by atoms with Crippen molar-refractivity contribution in [2.24, 2.45) is 17.8 Å². The van der Waals surface area contributed by atoms with Crippen molar-refractivity contribution in [3.63, 3.8) is 0 Å². The van der Waals surface area contributed by atoms with Crippen LogP contribution in [-0.2, 0) is 0 Å². The molecular weight excluding hydrogens is 321 g/mol. The lowest BCUT2D eigenvalue weighted by molar-refractivity contribution is 0.0691. The second-order valence-electron chi connectivity index (χ2n) is 7.33. The molecule has 130 valence electrons. The Morgan fingerprint density at radius 1 is 1.21 bits per heavy atom. The van der Waals surface area contributed by atoms with Gasteiger partial charge >= 0.3 is 5.97 Å².